The molecule has 108 valence electrons. The van der Waals surface area contributed by atoms with Crippen molar-refractivity contribution >= 4 is 0 Å². The molecule has 2 rings (SSSR count). The number of ether oxygens (including phenoxy) is 1. The van der Waals surface area contributed by atoms with Crippen molar-refractivity contribution in [2.75, 3.05) is 19.7 Å². The van der Waals surface area contributed by atoms with Crippen LogP contribution in [0.15, 0.2) is 6.33 Å². The van der Waals surface area contributed by atoms with Crippen LogP contribution in [0.2, 0.25) is 0 Å². The summed E-state index contributed by atoms with van der Waals surface area (Å²) in [6.07, 6.45) is 1.76. The first kappa shape index (κ1) is 14.4. The zero-order valence-electron chi connectivity index (χ0n) is 12.1. The van der Waals surface area contributed by atoms with Crippen LogP contribution in [0.3, 0.4) is 0 Å². The van der Waals surface area contributed by atoms with E-state index in [0.717, 1.165) is 38.6 Å². The Kier molecular flexibility index (Phi) is 4.90. The Bertz CT molecular complexity index is 390. The van der Waals surface area contributed by atoms with Crippen LogP contribution in [0.4, 0.5) is 0 Å². The third-order valence-electron chi connectivity index (χ3n) is 3.36. The van der Waals surface area contributed by atoms with E-state index >= 15 is 0 Å². The molecule has 0 saturated carbocycles. The molecule has 0 bridgehead atoms. The maximum atomic E-state index is 5.91. The highest BCUT2D eigenvalue weighted by atomic mass is 16.5. The van der Waals surface area contributed by atoms with Gasteiger partial charge in [0.1, 0.15) is 12.2 Å². The summed E-state index contributed by atoms with van der Waals surface area (Å²) in [4.78, 5) is 6.72. The molecule has 1 aliphatic rings. The van der Waals surface area contributed by atoms with E-state index in [1.807, 2.05) is 11.6 Å². The van der Waals surface area contributed by atoms with Gasteiger partial charge in [0.2, 0.25) is 0 Å². The standard InChI is InChI=1S/C13H25N5O/c1-10(2)6-18-13(15-9-16-18)8-17-4-5-19-12(7-17)11(3)14/h9-12H,4-8,14H2,1-3H3. The highest BCUT2D eigenvalue weighted by Gasteiger charge is 2.24. The molecule has 1 saturated heterocycles. The molecule has 19 heavy (non-hydrogen) atoms. The van der Waals surface area contributed by atoms with Gasteiger partial charge in [0.15, 0.2) is 0 Å². The first-order chi connectivity index (χ1) is 9.06. The Balaban J connectivity index is 1.95. The van der Waals surface area contributed by atoms with Crippen molar-refractivity contribution < 1.29 is 4.74 Å². The fourth-order valence-electron chi connectivity index (χ4n) is 2.30. The quantitative estimate of drug-likeness (QED) is 0.840. The van der Waals surface area contributed by atoms with Crippen LogP contribution in [0.25, 0.3) is 0 Å². The van der Waals surface area contributed by atoms with Crippen molar-refractivity contribution in [2.45, 2.75) is 46.0 Å². The molecule has 0 spiro atoms. The Labute approximate surface area is 114 Å². The molecule has 6 nitrogen and oxygen atoms in total. The Hall–Kier alpha value is -0.980. The lowest BCUT2D eigenvalue weighted by molar-refractivity contribution is -0.0414. The van der Waals surface area contributed by atoms with Crippen molar-refractivity contribution in [2.24, 2.45) is 11.7 Å². The van der Waals surface area contributed by atoms with Crippen LogP contribution in [0.1, 0.15) is 26.6 Å². The van der Waals surface area contributed by atoms with Crippen LogP contribution in [0.5, 0.6) is 0 Å². The van der Waals surface area contributed by atoms with Gasteiger partial charge in [-0.25, -0.2) is 9.67 Å². The van der Waals surface area contributed by atoms with Crippen molar-refractivity contribution in [3.63, 3.8) is 0 Å². The first-order valence-corrected chi connectivity index (χ1v) is 7.02. The average Bonchev–Trinajstić information content (AvgIpc) is 2.76. The second kappa shape index (κ2) is 6.45. The minimum Gasteiger partial charge on any atom is -0.374 e. The van der Waals surface area contributed by atoms with Gasteiger partial charge in [-0.05, 0) is 12.8 Å². The normalized spacial score (nSPS) is 22.9. The van der Waals surface area contributed by atoms with Crippen molar-refractivity contribution in [1.29, 1.82) is 0 Å². The second-order valence-electron chi connectivity index (χ2n) is 5.76. The molecule has 6 heteroatoms. The fourth-order valence-corrected chi connectivity index (χ4v) is 2.30. The number of morpholine rings is 1. The van der Waals surface area contributed by atoms with Gasteiger partial charge in [-0.1, -0.05) is 13.8 Å². The largest absolute Gasteiger partial charge is 0.374 e. The van der Waals surface area contributed by atoms with E-state index in [9.17, 15) is 0 Å². The number of aromatic nitrogens is 3. The lowest BCUT2D eigenvalue weighted by Gasteiger charge is -2.34. The van der Waals surface area contributed by atoms with Gasteiger partial charge in [0.05, 0.1) is 19.3 Å². The van der Waals surface area contributed by atoms with Gasteiger partial charge < -0.3 is 10.5 Å². The molecule has 1 aliphatic heterocycles. The molecule has 1 aromatic heterocycles. The summed E-state index contributed by atoms with van der Waals surface area (Å²) in [5.74, 6) is 1.60. The van der Waals surface area contributed by atoms with Gasteiger partial charge in [-0.15, -0.1) is 0 Å². The van der Waals surface area contributed by atoms with Crippen molar-refractivity contribution in [3.8, 4) is 0 Å². The van der Waals surface area contributed by atoms with Crippen molar-refractivity contribution in [3.05, 3.63) is 12.2 Å². The molecule has 2 atom stereocenters. The molecule has 1 aromatic rings. The summed E-state index contributed by atoms with van der Waals surface area (Å²) < 4.78 is 7.68. The van der Waals surface area contributed by atoms with Crippen LogP contribution in [-0.4, -0.2) is 51.5 Å². The fraction of sp³-hybridized carbons (Fsp3) is 0.846. The number of hydrogen-bond acceptors (Lipinski definition) is 5. The second-order valence-corrected chi connectivity index (χ2v) is 5.76. The van der Waals surface area contributed by atoms with E-state index < -0.39 is 0 Å². The maximum Gasteiger partial charge on any atom is 0.141 e. The Morgan fingerprint density at radius 2 is 2.26 bits per heavy atom. The van der Waals surface area contributed by atoms with Gasteiger partial charge in [0.25, 0.3) is 0 Å². The third kappa shape index (κ3) is 3.99. The van der Waals surface area contributed by atoms with E-state index in [4.69, 9.17) is 10.5 Å². The molecule has 2 N–H and O–H groups in total. The Morgan fingerprint density at radius 1 is 1.47 bits per heavy atom. The molecule has 2 heterocycles. The summed E-state index contributed by atoms with van der Waals surface area (Å²) in [7, 11) is 0. The summed E-state index contributed by atoms with van der Waals surface area (Å²) in [6.45, 7) is 10.6. The van der Waals surface area contributed by atoms with E-state index in [-0.39, 0.29) is 12.1 Å². The monoisotopic (exact) mass is 267 g/mol. The predicted molar refractivity (Wildman–Crippen MR) is 73.5 cm³/mol. The summed E-state index contributed by atoms with van der Waals surface area (Å²) >= 11 is 0. The summed E-state index contributed by atoms with van der Waals surface area (Å²) in [5, 5.41) is 4.30. The van der Waals surface area contributed by atoms with Gasteiger partial charge >= 0.3 is 0 Å². The molecule has 0 radical (unpaired) electrons. The molecular weight excluding hydrogens is 242 g/mol. The lowest BCUT2D eigenvalue weighted by atomic mass is 10.1. The van der Waals surface area contributed by atoms with Crippen LogP contribution in [0, 0.1) is 5.92 Å². The molecular formula is C13H25N5O. The predicted octanol–water partition coefficient (Wildman–Crippen LogP) is 0.482. The summed E-state index contributed by atoms with van der Waals surface area (Å²) in [6, 6.07) is 0.0660. The minimum atomic E-state index is 0.0660. The molecule has 0 aromatic carbocycles. The number of rotatable bonds is 5. The molecule has 1 fully saturated rings. The van der Waals surface area contributed by atoms with E-state index in [2.05, 4.69) is 28.8 Å². The van der Waals surface area contributed by atoms with E-state index in [1.54, 1.807) is 6.33 Å². The highest BCUT2D eigenvalue weighted by molar-refractivity contribution is 4.87. The van der Waals surface area contributed by atoms with Crippen LogP contribution in [-0.2, 0) is 17.8 Å². The van der Waals surface area contributed by atoms with E-state index in [0.29, 0.717) is 5.92 Å². The maximum absolute atomic E-state index is 5.91. The number of nitrogens with two attached hydrogens (primary N) is 1. The third-order valence-corrected chi connectivity index (χ3v) is 3.36. The topological polar surface area (TPSA) is 69.2 Å². The van der Waals surface area contributed by atoms with Crippen molar-refractivity contribution in [1.82, 2.24) is 19.7 Å². The zero-order chi connectivity index (χ0) is 13.8. The molecule has 0 amide bonds. The lowest BCUT2D eigenvalue weighted by Crippen LogP contribution is -2.49. The highest BCUT2D eigenvalue weighted by Crippen LogP contribution is 2.11. The SMILES string of the molecule is CC(C)Cn1ncnc1CN1CCOC(C(C)N)C1. The van der Waals surface area contributed by atoms with Gasteiger partial charge in [0, 0.05) is 25.7 Å². The van der Waals surface area contributed by atoms with Gasteiger partial charge in [-0.3, -0.25) is 4.90 Å². The molecule has 0 aliphatic carbocycles. The average molecular weight is 267 g/mol. The Morgan fingerprint density at radius 3 is 2.95 bits per heavy atom. The first-order valence-electron chi connectivity index (χ1n) is 7.02. The minimum absolute atomic E-state index is 0.0660. The number of nitrogens with zero attached hydrogens (tertiary/aromatic N) is 4. The zero-order valence-corrected chi connectivity index (χ0v) is 12.1. The molecule has 2 unspecified atom stereocenters. The van der Waals surface area contributed by atoms with E-state index in [1.165, 1.54) is 0 Å². The number of hydrogen-bond donors (Lipinski definition) is 1. The summed E-state index contributed by atoms with van der Waals surface area (Å²) in [5.41, 5.74) is 5.91. The van der Waals surface area contributed by atoms with Crippen LogP contribution < -0.4 is 5.73 Å². The van der Waals surface area contributed by atoms with Gasteiger partial charge in [-0.2, -0.15) is 5.10 Å². The van der Waals surface area contributed by atoms with Crippen LogP contribution >= 0.6 is 0 Å². The smallest absolute Gasteiger partial charge is 0.141 e.